The maximum absolute atomic E-state index is 13.5. The lowest BCUT2D eigenvalue weighted by molar-refractivity contribution is -0.384. The Morgan fingerprint density at radius 3 is 2.45 bits per heavy atom. The Kier molecular flexibility index (Phi) is 10.9. The number of nitrogens with one attached hydrogen (secondary N) is 3. The predicted octanol–water partition coefficient (Wildman–Crippen LogP) is 5.96. The van der Waals surface area contributed by atoms with Gasteiger partial charge in [-0.15, -0.1) is 23.1 Å². The summed E-state index contributed by atoms with van der Waals surface area (Å²) in [5, 5.41) is 29.1. The zero-order valence-electron chi connectivity index (χ0n) is 26.4. The molecule has 248 valence electrons. The number of nitro benzene ring substituents is 1. The number of non-ortho nitro benzene ring substituents is 1. The van der Waals surface area contributed by atoms with Gasteiger partial charge in [0.05, 0.1) is 22.3 Å². The number of fused-ring (bicyclic) bond motifs is 1. The zero-order chi connectivity index (χ0) is 35.1. The Labute approximate surface area is 290 Å². The molecule has 1 aromatic heterocycles. The lowest BCUT2D eigenvalue weighted by Crippen LogP contribution is -2.33. The quantitative estimate of drug-likeness (QED) is 0.0789. The maximum atomic E-state index is 13.5. The van der Waals surface area contributed by atoms with Crippen LogP contribution in [0.4, 0.5) is 16.4 Å². The summed E-state index contributed by atoms with van der Waals surface area (Å²) in [7, 11) is 0. The molecule has 0 spiro atoms. The van der Waals surface area contributed by atoms with Crippen molar-refractivity contribution in [3.8, 4) is 6.07 Å². The number of hydrogen-bond acceptors (Lipinski definition) is 9. The average molecular weight is 695 g/mol. The lowest BCUT2D eigenvalue weighted by Gasteiger charge is -2.25. The topological polar surface area (TPSA) is 175 Å². The minimum absolute atomic E-state index is 0.0414. The minimum atomic E-state index is -0.635. The number of nitriles is 1. The molecule has 3 aromatic carbocycles. The van der Waals surface area contributed by atoms with Crippen molar-refractivity contribution in [1.29, 1.82) is 5.26 Å². The van der Waals surface area contributed by atoms with Crippen LogP contribution >= 0.6 is 23.1 Å². The third-order valence-electron chi connectivity index (χ3n) is 7.57. The summed E-state index contributed by atoms with van der Waals surface area (Å²) >= 11 is 2.56. The second kappa shape index (κ2) is 15.4. The van der Waals surface area contributed by atoms with E-state index in [-0.39, 0.29) is 23.2 Å². The molecule has 1 unspecified atom stereocenters. The number of hydrogen-bond donors (Lipinski definition) is 3. The van der Waals surface area contributed by atoms with Crippen LogP contribution in [0.1, 0.15) is 45.8 Å². The Hall–Kier alpha value is -5.78. The van der Waals surface area contributed by atoms with Crippen molar-refractivity contribution in [3.05, 3.63) is 122 Å². The van der Waals surface area contributed by atoms with Crippen LogP contribution in [0.15, 0.2) is 89.5 Å². The van der Waals surface area contributed by atoms with E-state index in [0.717, 1.165) is 10.4 Å². The van der Waals surface area contributed by atoms with Crippen LogP contribution in [-0.2, 0) is 27.3 Å². The van der Waals surface area contributed by atoms with Crippen LogP contribution in [0, 0.1) is 21.4 Å². The molecule has 1 atom stereocenters. The molecular formula is C35H30N6O6S2. The molecule has 2 heterocycles. The number of carbonyl (C=O) groups is 4. The molecule has 3 N–H and O–H groups in total. The van der Waals surface area contributed by atoms with E-state index in [4.69, 9.17) is 0 Å². The van der Waals surface area contributed by atoms with Crippen molar-refractivity contribution in [3.63, 3.8) is 0 Å². The molecule has 12 nitrogen and oxygen atoms in total. The first kappa shape index (κ1) is 34.6. The predicted molar refractivity (Wildman–Crippen MR) is 188 cm³/mol. The third-order valence-corrected chi connectivity index (χ3v) is 9.79. The summed E-state index contributed by atoms with van der Waals surface area (Å²) in [5.41, 5.74) is 2.27. The third kappa shape index (κ3) is 8.58. The fraction of sp³-hybridized carbons (Fsp3) is 0.171. The second-order valence-corrected chi connectivity index (χ2v) is 13.5. The van der Waals surface area contributed by atoms with Crippen LogP contribution in [0.3, 0.4) is 0 Å². The van der Waals surface area contributed by atoms with Crippen LogP contribution in [-0.4, -0.2) is 45.2 Å². The first-order chi connectivity index (χ1) is 23.5. The van der Waals surface area contributed by atoms with Gasteiger partial charge in [-0.1, -0.05) is 24.3 Å². The van der Waals surface area contributed by atoms with Crippen LogP contribution in [0.2, 0.25) is 0 Å². The highest BCUT2D eigenvalue weighted by atomic mass is 32.2. The SMILES string of the molecule is CC(=O)N1CCc2c(sc(NC(=O)C(C)Sc3cccc(NC(=O)/C(=C\c4ccc([N+](=O)[O-])cc4)NC(=O)c4ccccc4)c3)c2C#N)C1. The fourth-order valence-corrected chi connectivity index (χ4v) is 7.14. The van der Waals surface area contributed by atoms with Gasteiger partial charge in [0, 0.05) is 46.6 Å². The molecule has 5 rings (SSSR count). The monoisotopic (exact) mass is 694 g/mol. The van der Waals surface area contributed by atoms with E-state index in [1.807, 2.05) is 0 Å². The summed E-state index contributed by atoms with van der Waals surface area (Å²) in [4.78, 5) is 65.3. The highest BCUT2D eigenvalue weighted by Crippen LogP contribution is 2.37. The molecular weight excluding hydrogens is 665 g/mol. The highest BCUT2D eigenvalue weighted by Gasteiger charge is 2.27. The molecule has 1 aliphatic rings. The Morgan fingerprint density at radius 1 is 1.04 bits per heavy atom. The van der Waals surface area contributed by atoms with Gasteiger partial charge in [-0.05, 0) is 73.0 Å². The average Bonchev–Trinajstić information content (AvgIpc) is 3.44. The van der Waals surface area contributed by atoms with E-state index >= 15 is 0 Å². The van der Waals surface area contributed by atoms with Crippen molar-refractivity contribution < 1.29 is 24.1 Å². The molecule has 1 aliphatic heterocycles. The first-order valence-electron chi connectivity index (χ1n) is 15.0. The number of rotatable bonds is 10. The second-order valence-electron chi connectivity index (χ2n) is 11.0. The molecule has 0 aliphatic carbocycles. The van der Waals surface area contributed by atoms with Gasteiger partial charge in [-0.3, -0.25) is 29.3 Å². The van der Waals surface area contributed by atoms with Crippen LogP contribution < -0.4 is 16.0 Å². The Bertz CT molecular complexity index is 2000. The maximum Gasteiger partial charge on any atom is 0.272 e. The van der Waals surface area contributed by atoms with Crippen molar-refractivity contribution >= 4 is 69.2 Å². The van der Waals surface area contributed by atoms with E-state index < -0.39 is 22.0 Å². The largest absolute Gasteiger partial charge is 0.337 e. The summed E-state index contributed by atoms with van der Waals surface area (Å²) in [5.74, 6) is -1.50. The van der Waals surface area contributed by atoms with E-state index in [9.17, 15) is 34.6 Å². The molecule has 0 saturated carbocycles. The minimum Gasteiger partial charge on any atom is -0.337 e. The number of benzene rings is 3. The van der Waals surface area contributed by atoms with Gasteiger partial charge in [0.25, 0.3) is 17.5 Å². The number of amides is 4. The number of nitro groups is 1. The Morgan fingerprint density at radius 2 is 1.78 bits per heavy atom. The van der Waals surface area contributed by atoms with Gasteiger partial charge in [0.1, 0.15) is 16.8 Å². The van der Waals surface area contributed by atoms with Gasteiger partial charge in [-0.25, -0.2) is 0 Å². The van der Waals surface area contributed by atoms with Gasteiger partial charge in [-0.2, -0.15) is 5.26 Å². The van der Waals surface area contributed by atoms with Gasteiger partial charge in [0.2, 0.25) is 11.8 Å². The van der Waals surface area contributed by atoms with Crippen molar-refractivity contribution in [2.75, 3.05) is 17.2 Å². The van der Waals surface area contributed by atoms with Gasteiger partial charge in [0.15, 0.2) is 0 Å². The molecule has 4 amide bonds. The van der Waals surface area contributed by atoms with Gasteiger partial charge >= 0.3 is 0 Å². The van der Waals surface area contributed by atoms with Crippen molar-refractivity contribution in [2.24, 2.45) is 0 Å². The standard InChI is InChI=1S/C35H30N6O6S2/c1-21(32(43)39-35-29(19-36)28-15-16-40(22(2)42)20-31(28)49-35)48-27-10-6-9-25(18-27)37-34(45)30(38-33(44)24-7-4-3-5-8-24)17-23-11-13-26(14-12-23)41(46)47/h3-14,17-18,21H,15-16,20H2,1-2H3,(H,37,45)(H,38,44)(H,39,43)/b30-17+. The fourth-order valence-electron chi connectivity index (χ4n) is 5.00. The molecule has 0 saturated heterocycles. The highest BCUT2D eigenvalue weighted by molar-refractivity contribution is 8.00. The summed E-state index contributed by atoms with van der Waals surface area (Å²) in [6, 6.07) is 22.9. The lowest BCUT2D eigenvalue weighted by atomic mass is 10.0. The smallest absolute Gasteiger partial charge is 0.272 e. The number of carbonyl (C=O) groups excluding carboxylic acids is 4. The van der Waals surface area contributed by atoms with Gasteiger partial charge < -0.3 is 20.9 Å². The Balaban J connectivity index is 1.29. The zero-order valence-corrected chi connectivity index (χ0v) is 28.0. The first-order valence-corrected chi connectivity index (χ1v) is 16.7. The summed E-state index contributed by atoms with van der Waals surface area (Å²) < 4.78 is 0. The molecule has 0 bridgehead atoms. The number of nitrogens with zero attached hydrogens (tertiary/aromatic N) is 3. The number of anilines is 2. The molecule has 4 aromatic rings. The van der Waals surface area contributed by atoms with E-state index in [0.29, 0.717) is 51.8 Å². The number of thiophene rings is 1. The molecule has 14 heteroatoms. The summed E-state index contributed by atoms with van der Waals surface area (Å²) in [6.45, 7) is 4.16. The molecule has 0 fully saturated rings. The molecule has 0 radical (unpaired) electrons. The van der Waals surface area contributed by atoms with Crippen LogP contribution in [0.5, 0.6) is 0 Å². The van der Waals surface area contributed by atoms with E-state index in [1.54, 1.807) is 66.4 Å². The van der Waals surface area contributed by atoms with Crippen molar-refractivity contribution in [1.82, 2.24) is 10.2 Å². The van der Waals surface area contributed by atoms with Crippen LogP contribution in [0.25, 0.3) is 6.08 Å². The van der Waals surface area contributed by atoms with Crippen molar-refractivity contribution in [2.45, 2.75) is 37.0 Å². The van der Waals surface area contributed by atoms with E-state index in [1.165, 1.54) is 60.4 Å². The summed E-state index contributed by atoms with van der Waals surface area (Å²) in [6.07, 6.45) is 1.97. The number of thioether (sulfide) groups is 1. The molecule has 49 heavy (non-hydrogen) atoms. The normalized spacial score (nSPS) is 13.0. The van der Waals surface area contributed by atoms with E-state index in [2.05, 4.69) is 22.0 Å².